The van der Waals surface area contributed by atoms with Gasteiger partial charge in [0, 0.05) is 5.69 Å². The molecular weight excluding hydrogens is 321 g/mol. The van der Waals surface area contributed by atoms with Crippen LogP contribution in [0.5, 0.6) is 0 Å². The Balaban J connectivity index is 2.40. The van der Waals surface area contributed by atoms with Crippen molar-refractivity contribution in [2.75, 3.05) is 4.72 Å². The lowest BCUT2D eigenvalue weighted by Crippen LogP contribution is -2.16. The van der Waals surface area contributed by atoms with Crippen LogP contribution in [0.2, 0.25) is 10.2 Å². The maximum absolute atomic E-state index is 12.2. The van der Waals surface area contributed by atoms with Gasteiger partial charge >= 0.3 is 0 Å². The third-order valence-corrected chi connectivity index (χ3v) is 4.43. The zero-order valence-electron chi connectivity index (χ0n) is 10.7. The van der Waals surface area contributed by atoms with Gasteiger partial charge in [-0.05, 0) is 37.6 Å². The van der Waals surface area contributed by atoms with Gasteiger partial charge < -0.3 is 0 Å². The zero-order chi connectivity index (χ0) is 14.9. The highest BCUT2D eigenvalue weighted by molar-refractivity contribution is 7.92. The fourth-order valence-corrected chi connectivity index (χ4v) is 3.36. The van der Waals surface area contributed by atoms with Crippen LogP contribution in [0.15, 0.2) is 29.2 Å². The minimum Gasteiger partial charge on any atom is -0.247 e. The van der Waals surface area contributed by atoms with Gasteiger partial charge in [0.25, 0.3) is 10.0 Å². The first-order valence-corrected chi connectivity index (χ1v) is 7.82. The molecule has 0 aliphatic rings. The van der Waals surface area contributed by atoms with E-state index in [1.165, 1.54) is 12.1 Å². The predicted molar refractivity (Wildman–Crippen MR) is 78.8 cm³/mol. The summed E-state index contributed by atoms with van der Waals surface area (Å²) in [5, 5.41) is 0.293. The second kappa shape index (κ2) is 5.55. The maximum atomic E-state index is 12.2. The summed E-state index contributed by atoms with van der Waals surface area (Å²) in [5.74, 6) is -0.0911. The van der Waals surface area contributed by atoms with Crippen LogP contribution in [-0.2, 0) is 10.0 Å². The second-order valence-electron chi connectivity index (χ2n) is 4.20. The molecule has 0 aliphatic heterocycles. The van der Waals surface area contributed by atoms with E-state index in [9.17, 15) is 8.42 Å². The largest absolute Gasteiger partial charge is 0.265 e. The molecule has 5 nitrogen and oxygen atoms in total. The number of anilines is 1. The number of sulfonamides is 1. The van der Waals surface area contributed by atoms with Gasteiger partial charge in [-0.2, -0.15) is 0 Å². The van der Waals surface area contributed by atoms with Crippen LogP contribution < -0.4 is 4.72 Å². The smallest absolute Gasteiger partial charge is 0.247 e. The first kappa shape index (κ1) is 15.0. The minimum atomic E-state index is -3.86. The summed E-state index contributed by atoms with van der Waals surface area (Å²) < 4.78 is 26.7. The molecule has 0 bridgehead atoms. The molecule has 106 valence electrons. The average Bonchev–Trinajstić information content (AvgIpc) is 2.25. The summed E-state index contributed by atoms with van der Waals surface area (Å²) in [5.41, 5.74) is 1.42. The van der Waals surface area contributed by atoms with Crippen molar-refractivity contribution in [3.8, 4) is 0 Å². The van der Waals surface area contributed by atoms with Gasteiger partial charge in [0.1, 0.15) is 10.0 Å². The van der Waals surface area contributed by atoms with Gasteiger partial charge in [-0.25, -0.2) is 23.1 Å². The molecule has 0 amide bonds. The van der Waals surface area contributed by atoms with E-state index in [1.807, 2.05) is 6.92 Å². The number of hydrogen-bond acceptors (Lipinski definition) is 4. The summed E-state index contributed by atoms with van der Waals surface area (Å²) in [6.07, 6.45) is 0. The fourth-order valence-electron chi connectivity index (χ4n) is 1.57. The summed E-state index contributed by atoms with van der Waals surface area (Å²) >= 11 is 11.7. The number of aromatic nitrogens is 2. The molecule has 1 N–H and O–H groups in total. The number of benzene rings is 1. The van der Waals surface area contributed by atoms with E-state index in [-0.39, 0.29) is 21.0 Å². The molecule has 0 saturated heterocycles. The van der Waals surface area contributed by atoms with E-state index in [0.717, 1.165) is 5.56 Å². The lowest BCUT2D eigenvalue weighted by atomic mass is 10.2. The van der Waals surface area contributed by atoms with Gasteiger partial charge in [-0.3, -0.25) is 0 Å². The van der Waals surface area contributed by atoms with Gasteiger partial charge in [0.15, 0.2) is 0 Å². The highest BCUT2D eigenvalue weighted by atomic mass is 35.5. The molecule has 0 atom stereocenters. The molecule has 0 aliphatic carbocycles. The van der Waals surface area contributed by atoms with Crippen LogP contribution in [0.1, 0.15) is 11.3 Å². The van der Waals surface area contributed by atoms with Crippen LogP contribution in [0.3, 0.4) is 0 Å². The molecule has 0 fully saturated rings. The number of aryl methyl sites for hydroxylation is 2. The monoisotopic (exact) mass is 331 g/mol. The van der Waals surface area contributed by atoms with Crippen molar-refractivity contribution in [3.05, 3.63) is 45.7 Å². The summed E-state index contributed by atoms with van der Waals surface area (Å²) in [4.78, 5) is 7.74. The SMILES string of the molecule is Cc1ccc(S(=O)(=O)Nc2nc(C)cc(Cl)n2)c(Cl)c1. The molecule has 2 rings (SSSR count). The normalized spacial score (nSPS) is 11.4. The Morgan fingerprint density at radius 2 is 1.80 bits per heavy atom. The Morgan fingerprint density at radius 1 is 1.10 bits per heavy atom. The molecule has 0 radical (unpaired) electrons. The molecule has 1 aromatic heterocycles. The van der Waals surface area contributed by atoms with Gasteiger partial charge in [0.05, 0.1) is 5.02 Å². The van der Waals surface area contributed by atoms with Crippen LogP contribution in [0.4, 0.5) is 5.95 Å². The van der Waals surface area contributed by atoms with E-state index < -0.39 is 10.0 Å². The molecule has 2 aromatic rings. The summed E-state index contributed by atoms with van der Waals surface area (Å²) in [6.45, 7) is 3.50. The maximum Gasteiger partial charge on any atom is 0.265 e. The van der Waals surface area contributed by atoms with E-state index in [1.54, 1.807) is 19.1 Å². The Kier molecular flexibility index (Phi) is 4.17. The predicted octanol–water partition coefficient (Wildman–Crippen LogP) is 3.20. The van der Waals surface area contributed by atoms with Crippen LogP contribution in [0.25, 0.3) is 0 Å². The van der Waals surface area contributed by atoms with Crippen LogP contribution in [-0.4, -0.2) is 18.4 Å². The Hall–Kier alpha value is -1.37. The van der Waals surface area contributed by atoms with Gasteiger partial charge in [-0.15, -0.1) is 0 Å². The highest BCUT2D eigenvalue weighted by Gasteiger charge is 2.19. The van der Waals surface area contributed by atoms with E-state index >= 15 is 0 Å². The van der Waals surface area contributed by atoms with Crippen molar-refractivity contribution >= 4 is 39.2 Å². The quantitative estimate of drug-likeness (QED) is 0.876. The molecule has 0 spiro atoms. The van der Waals surface area contributed by atoms with E-state index in [4.69, 9.17) is 23.2 Å². The standard InChI is InChI=1S/C12H11Cl2N3O2S/c1-7-3-4-10(9(13)5-7)20(18,19)17-12-15-8(2)6-11(14)16-12/h3-6H,1-2H3,(H,15,16,17). The molecule has 1 heterocycles. The van der Waals surface area contributed by atoms with E-state index in [2.05, 4.69) is 14.7 Å². The molecule has 8 heteroatoms. The molecule has 20 heavy (non-hydrogen) atoms. The number of nitrogens with zero attached hydrogens (tertiary/aromatic N) is 2. The van der Waals surface area contributed by atoms with Gasteiger partial charge in [-0.1, -0.05) is 29.3 Å². The minimum absolute atomic E-state index is 0.0361. The molecule has 0 unspecified atom stereocenters. The van der Waals surface area contributed by atoms with Crippen molar-refractivity contribution < 1.29 is 8.42 Å². The first-order valence-electron chi connectivity index (χ1n) is 5.58. The summed E-state index contributed by atoms with van der Waals surface area (Å²) in [7, 11) is -3.86. The van der Waals surface area contributed by atoms with Crippen molar-refractivity contribution in [1.82, 2.24) is 9.97 Å². The average molecular weight is 332 g/mol. The number of rotatable bonds is 3. The third-order valence-electron chi connectivity index (χ3n) is 2.43. The van der Waals surface area contributed by atoms with Crippen LogP contribution in [0, 0.1) is 13.8 Å². The second-order valence-corrected chi connectivity index (χ2v) is 6.64. The van der Waals surface area contributed by atoms with Crippen molar-refractivity contribution in [1.29, 1.82) is 0 Å². The topological polar surface area (TPSA) is 72.0 Å². The zero-order valence-corrected chi connectivity index (χ0v) is 13.0. The first-order chi connectivity index (χ1) is 9.28. The molecule has 1 aromatic carbocycles. The third kappa shape index (κ3) is 3.39. The molecular formula is C12H11Cl2N3O2S. The Morgan fingerprint density at radius 3 is 2.40 bits per heavy atom. The number of hydrogen-bond donors (Lipinski definition) is 1. The van der Waals surface area contributed by atoms with Gasteiger partial charge in [0.2, 0.25) is 5.95 Å². The molecule has 0 saturated carbocycles. The van der Waals surface area contributed by atoms with Crippen LogP contribution >= 0.6 is 23.2 Å². The Labute approximate surface area is 127 Å². The number of halogens is 2. The Bertz CT molecular complexity index is 743. The fraction of sp³-hybridized carbons (Fsp3) is 0.167. The lowest BCUT2D eigenvalue weighted by molar-refractivity contribution is 0.601. The van der Waals surface area contributed by atoms with Crippen molar-refractivity contribution in [3.63, 3.8) is 0 Å². The van der Waals surface area contributed by atoms with E-state index in [0.29, 0.717) is 5.69 Å². The lowest BCUT2D eigenvalue weighted by Gasteiger charge is -2.09. The number of nitrogens with one attached hydrogen (secondary N) is 1. The van der Waals surface area contributed by atoms with Crippen molar-refractivity contribution in [2.24, 2.45) is 0 Å². The summed E-state index contributed by atoms with van der Waals surface area (Å²) in [6, 6.07) is 6.18. The van der Waals surface area contributed by atoms with Crippen molar-refractivity contribution in [2.45, 2.75) is 18.7 Å². The highest BCUT2D eigenvalue weighted by Crippen LogP contribution is 2.24.